The first-order chi connectivity index (χ1) is 13.0. The van der Waals surface area contributed by atoms with Gasteiger partial charge in [-0.25, -0.2) is 4.98 Å². The standard InChI is InChI=1S/C22H26N4O/c1-5-26(19-9-7-6-8-10-19)21-15-17(4)23-22(25-21)24-18-11-13-20(14-12-18)27-16(2)3/h6-16H,5H2,1-4H3,(H,23,24,25). The molecule has 0 unspecified atom stereocenters. The molecule has 5 nitrogen and oxygen atoms in total. The summed E-state index contributed by atoms with van der Waals surface area (Å²) in [5, 5.41) is 3.29. The van der Waals surface area contributed by atoms with Gasteiger partial charge in [0.25, 0.3) is 0 Å². The number of aryl methyl sites for hydroxylation is 1. The maximum absolute atomic E-state index is 5.69. The van der Waals surface area contributed by atoms with Gasteiger partial charge >= 0.3 is 0 Å². The Hall–Kier alpha value is -3.08. The van der Waals surface area contributed by atoms with Crippen LogP contribution in [0.15, 0.2) is 60.7 Å². The van der Waals surface area contributed by atoms with E-state index >= 15 is 0 Å². The number of aromatic nitrogens is 2. The first kappa shape index (κ1) is 18.7. The maximum atomic E-state index is 5.69. The fraction of sp³-hybridized carbons (Fsp3) is 0.273. The summed E-state index contributed by atoms with van der Waals surface area (Å²) in [5.74, 6) is 2.30. The topological polar surface area (TPSA) is 50.3 Å². The lowest BCUT2D eigenvalue weighted by molar-refractivity contribution is 0.242. The van der Waals surface area contributed by atoms with Crippen molar-refractivity contribution in [3.05, 3.63) is 66.4 Å². The summed E-state index contributed by atoms with van der Waals surface area (Å²) in [6.45, 7) is 8.95. The molecule has 3 rings (SSSR count). The second kappa shape index (κ2) is 8.54. The average molecular weight is 362 g/mol. The van der Waals surface area contributed by atoms with Gasteiger partial charge in [-0.1, -0.05) is 18.2 Å². The Kier molecular flexibility index (Phi) is 5.91. The molecule has 0 aliphatic carbocycles. The largest absolute Gasteiger partial charge is 0.491 e. The van der Waals surface area contributed by atoms with Crippen molar-refractivity contribution in [3.8, 4) is 5.75 Å². The highest BCUT2D eigenvalue weighted by Gasteiger charge is 2.11. The molecule has 0 spiro atoms. The van der Waals surface area contributed by atoms with Crippen LogP contribution in [-0.2, 0) is 0 Å². The summed E-state index contributed by atoms with van der Waals surface area (Å²) in [6, 6.07) is 20.1. The number of nitrogens with one attached hydrogen (secondary N) is 1. The summed E-state index contributed by atoms with van der Waals surface area (Å²) in [6.07, 6.45) is 0.157. The molecule has 0 atom stereocenters. The third-order valence-electron chi connectivity index (χ3n) is 3.98. The van der Waals surface area contributed by atoms with Crippen molar-refractivity contribution < 1.29 is 4.74 Å². The summed E-state index contributed by atoms with van der Waals surface area (Å²) in [4.78, 5) is 11.4. The Morgan fingerprint density at radius 1 is 1.00 bits per heavy atom. The molecule has 1 N–H and O–H groups in total. The molecule has 5 heteroatoms. The van der Waals surface area contributed by atoms with Gasteiger partial charge in [-0.05, 0) is 64.1 Å². The number of benzene rings is 2. The zero-order valence-electron chi connectivity index (χ0n) is 16.3. The average Bonchev–Trinajstić information content (AvgIpc) is 2.64. The SMILES string of the molecule is CCN(c1ccccc1)c1cc(C)nc(Nc2ccc(OC(C)C)cc2)n1. The lowest BCUT2D eigenvalue weighted by Gasteiger charge is -2.23. The zero-order chi connectivity index (χ0) is 19.2. The zero-order valence-corrected chi connectivity index (χ0v) is 16.3. The van der Waals surface area contributed by atoms with Crippen LogP contribution < -0.4 is 15.0 Å². The van der Waals surface area contributed by atoms with Gasteiger partial charge in [-0.15, -0.1) is 0 Å². The smallest absolute Gasteiger partial charge is 0.229 e. The maximum Gasteiger partial charge on any atom is 0.229 e. The first-order valence-corrected chi connectivity index (χ1v) is 9.27. The van der Waals surface area contributed by atoms with E-state index in [1.807, 2.05) is 69.3 Å². The predicted molar refractivity (Wildman–Crippen MR) is 111 cm³/mol. The number of hydrogen-bond donors (Lipinski definition) is 1. The molecule has 2 aromatic carbocycles. The summed E-state index contributed by atoms with van der Waals surface area (Å²) >= 11 is 0. The quantitative estimate of drug-likeness (QED) is 0.603. The van der Waals surface area contributed by atoms with E-state index in [0.717, 1.165) is 35.2 Å². The van der Waals surface area contributed by atoms with Gasteiger partial charge in [0, 0.05) is 29.7 Å². The minimum atomic E-state index is 0.157. The van der Waals surface area contributed by atoms with E-state index in [1.165, 1.54) is 0 Å². The molecule has 0 bridgehead atoms. The Morgan fingerprint density at radius 2 is 1.70 bits per heavy atom. The first-order valence-electron chi connectivity index (χ1n) is 9.27. The van der Waals surface area contributed by atoms with Crippen LogP contribution in [0.25, 0.3) is 0 Å². The molecule has 140 valence electrons. The number of anilines is 4. The summed E-state index contributed by atoms with van der Waals surface area (Å²) in [7, 11) is 0. The van der Waals surface area contributed by atoms with Crippen molar-refractivity contribution in [2.75, 3.05) is 16.8 Å². The summed E-state index contributed by atoms with van der Waals surface area (Å²) < 4.78 is 5.69. The van der Waals surface area contributed by atoms with Crippen molar-refractivity contribution in [2.24, 2.45) is 0 Å². The normalized spacial score (nSPS) is 10.7. The number of ether oxygens (including phenoxy) is 1. The van der Waals surface area contributed by atoms with E-state index in [1.54, 1.807) is 0 Å². The predicted octanol–water partition coefficient (Wildman–Crippen LogP) is 5.47. The lowest BCUT2D eigenvalue weighted by Crippen LogP contribution is -2.18. The van der Waals surface area contributed by atoms with Crippen LogP contribution in [0.5, 0.6) is 5.75 Å². The number of para-hydroxylation sites is 1. The second-order valence-corrected chi connectivity index (χ2v) is 6.59. The minimum absolute atomic E-state index is 0.157. The van der Waals surface area contributed by atoms with Gasteiger partial charge in [0.15, 0.2) is 0 Å². The molecule has 0 aliphatic rings. The Morgan fingerprint density at radius 3 is 2.33 bits per heavy atom. The molecular weight excluding hydrogens is 336 g/mol. The molecule has 0 saturated carbocycles. The van der Waals surface area contributed by atoms with E-state index in [0.29, 0.717) is 5.95 Å². The molecule has 3 aromatic rings. The van der Waals surface area contributed by atoms with Crippen LogP contribution in [0.3, 0.4) is 0 Å². The van der Waals surface area contributed by atoms with Gasteiger partial charge in [0.2, 0.25) is 5.95 Å². The molecule has 0 amide bonds. The number of nitrogens with zero attached hydrogens (tertiary/aromatic N) is 3. The van der Waals surface area contributed by atoms with Crippen LogP contribution >= 0.6 is 0 Å². The molecular formula is C22H26N4O. The van der Waals surface area contributed by atoms with E-state index in [4.69, 9.17) is 9.72 Å². The van der Waals surface area contributed by atoms with Gasteiger partial charge in [-0.2, -0.15) is 4.98 Å². The highest BCUT2D eigenvalue weighted by atomic mass is 16.5. The highest BCUT2D eigenvalue weighted by molar-refractivity contribution is 5.63. The third-order valence-corrected chi connectivity index (χ3v) is 3.98. The summed E-state index contributed by atoms with van der Waals surface area (Å²) in [5.41, 5.74) is 2.95. The van der Waals surface area contributed by atoms with Gasteiger partial charge in [0.1, 0.15) is 11.6 Å². The monoisotopic (exact) mass is 362 g/mol. The number of hydrogen-bond acceptors (Lipinski definition) is 5. The minimum Gasteiger partial charge on any atom is -0.491 e. The Labute approximate surface area is 161 Å². The van der Waals surface area contributed by atoms with Crippen molar-refractivity contribution >= 4 is 23.1 Å². The second-order valence-electron chi connectivity index (χ2n) is 6.59. The Balaban J connectivity index is 1.83. The van der Waals surface area contributed by atoms with Gasteiger partial charge < -0.3 is 15.0 Å². The molecule has 0 saturated heterocycles. The van der Waals surface area contributed by atoms with Crippen molar-refractivity contribution in [1.29, 1.82) is 0 Å². The molecule has 0 radical (unpaired) electrons. The van der Waals surface area contributed by atoms with Crippen LogP contribution in [0.2, 0.25) is 0 Å². The van der Waals surface area contributed by atoms with E-state index < -0.39 is 0 Å². The van der Waals surface area contributed by atoms with E-state index in [9.17, 15) is 0 Å². The van der Waals surface area contributed by atoms with E-state index in [-0.39, 0.29) is 6.10 Å². The van der Waals surface area contributed by atoms with Crippen molar-refractivity contribution in [1.82, 2.24) is 9.97 Å². The van der Waals surface area contributed by atoms with Crippen LogP contribution in [0, 0.1) is 6.92 Å². The fourth-order valence-corrected chi connectivity index (χ4v) is 2.85. The van der Waals surface area contributed by atoms with Gasteiger partial charge in [0.05, 0.1) is 6.10 Å². The van der Waals surface area contributed by atoms with E-state index in [2.05, 4.69) is 34.3 Å². The molecule has 27 heavy (non-hydrogen) atoms. The van der Waals surface area contributed by atoms with Crippen LogP contribution in [0.4, 0.5) is 23.1 Å². The fourth-order valence-electron chi connectivity index (χ4n) is 2.85. The van der Waals surface area contributed by atoms with Crippen molar-refractivity contribution in [3.63, 3.8) is 0 Å². The third kappa shape index (κ3) is 4.97. The number of rotatable bonds is 7. The molecule has 1 heterocycles. The molecule has 0 fully saturated rings. The lowest BCUT2D eigenvalue weighted by atomic mass is 10.2. The highest BCUT2D eigenvalue weighted by Crippen LogP contribution is 2.26. The van der Waals surface area contributed by atoms with Crippen LogP contribution in [0.1, 0.15) is 26.5 Å². The van der Waals surface area contributed by atoms with Crippen molar-refractivity contribution in [2.45, 2.75) is 33.8 Å². The molecule has 1 aromatic heterocycles. The molecule has 0 aliphatic heterocycles. The Bertz CT molecular complexity index is 863. The van der Waals surface area contributed by atoms with Crippen LogP contribution in [-0.4, -0.2) is 22.6 Å². The van der Waals surface area contributed by atoms with Gasteiger partial charge in [-0.3, -0.25) is 0 Å².